The third kappa shape index (κ3) is 3.42. The van der Waals surface area contributed by atoms with Crippen molar-refractivity contribution in [3.05, 3.63) is 41.5 Å². The molecule has 1 aliphatic rings. The Bertz CT molecular complexity index is 608. The van der Waals surface area contributed by atoms with Crippen molar-refractivity contribution in [2.24, 2.45) is 0 Å². The number of fused-ring (bicyclic) bond motifs is 1. The molecule has 1 aliphatic heterocycles. The molecule has 1 N–H and O–H groups in total. The summed E-state index contributed by atoms with van der Waals surface area (Å²) in [5, 5.41) is 7.80. The van der Waals surface area contributed by atoms with E-state index in [0.29, 0.717) is 0 Å². The van der Waals surface area contributed by atoms with Crippen LogP contribution in [-0.2, 0) is 19.5 Å². The fourth-order valence-electron chi connectivity index (χ4n) is 2.64. The number of aryl methyl sites for hydroxylation is 1. The van der Waals surface area contributed by atoms with E-state index in [2.05, 4.69) is 47.4 Å². The second kappa shape index (κ2) is 6.26. The maximum atomic E-state index is 5.97. The molecule has 2 aromatic rings. The Hall–Kier alpha value is -1.88. The van der Waals surface area contributed by atoms with E-state index in [9.17, 15) is 0 Å². The van der Waals surface area contributed by atoms with Crippen LogP contribution in [0.5, 0.6) is 5.75 Å². The van der Waals surface area contributed by atoms with Gasteiger partial charge in [-0.2, -0.15) is 5.10 Å². The van der Waals surface area contributed by atoms with Crippen LogP contribution in [0.15, 0.2) is 24.5 Å². The minimum Gasteiger partial charge on any atom is -0.488 e. The number of ether oxygens (including phenoxy) is 1. The third-order valence-electron chi connectivity index (χ3n) is 3.64. The van der Waals surface area contributed by atoms with E-state index in [1.807, 2.05) is 4.68 Å². The van der Waals surface area contributed by atoms with Crippen molar-refractivity contribution in [2.75, 3.05) is 6.54 Å². The summed E-state index contributed by atoms with van der Waals surface area (Å²) < 4.78 is 7.85. The summed E-state index contributed by atoms with van der Waals surface area (Å²) in [6.45, 7) is 6.73. The normalized spacial score (nSPS) is 16.8. The van der Waals surface area contributed by atoms with Crippen LogP contribution in [0.25, 0.3) is 0 Å². The Morgan fingerprint density at radius 3 is 3.19 bits per heavy atom. The number of benzene rings is 1. The largest absolute Gasteiger partial charge is 0.488 e. The van der Waals surface area contributed by atoms with Crippen molar-refractivity contribution in [1.82, 2.24) is 20.1 Å². The van der Waals surface area contributed by atoms with Crippen LogP contribution >= 0.6 is 0 Å². The summed E-state index contributed by atoms with van der Waals surface area (Å²) in [5.74, 6) is 1.85. The Morgan fingerprint density at radius 2 is 2.33 bits per heavy atom. The van der Waals surface area contributed by atoms with Crippen LogP contribution in [0.3, 0.4) is 0 Å². The second-order valence-corrected chi connectivity index (χ2v) is 5.61. The van der Waals surface area contributed by atoms with Gasteiger partial charge in [-0.15, -0.1) is 0 Å². The number of nitrogens with one attached hydrogen (secondary N) is 1. The zero-order chi connectivity index (χ0) is 14.7. The smallest absolute Gasteiger partial charge is 0.164 e. The Balaban J connectivity index is 1.56. The molecule has 1 aromatic carbocycles. The molecule has 0 spiro atoms. The second-order valence-electron chi connectivity index (χ2n) is 5.61. The quantitative estimate of drug-likeness (QED) is 0.826. The van der Waals surface area contributed by atoms with Gasteiger partial charge in [-0.25, -0.2) is 9.67 Å². The molecule has 5 nitrogen and oxygen atoms in total. The van der Waals surface area contributed by atoms with Crippen molar-refractivity contribution in [2.45, 2.75) is 45.9 Å². The average molecular weight is 286 g/mol. The highest BCUT2D eigenvalue weighted by molar-refractivity contribution is 5.40. The lowest BCUT2D eigenvalue weighted by Crippen LogP contribution is -2.21. The van der Waals surface area contributed by atoms with Gasteiger partial charge in [0, 0.05) is 6.42 Å². The zero-order valence-corrected chi connectivity index (χ0v) is 12.7. The number of hydrogen-bond acceptors (Lipinski definition) is 4. The lowest BCUT2D eigenvalue weighted by molar-refractivity contribution is 0.203. The fourth-order valence-corrected chi connectivity index (χ4v) is 2.64. The van der Waals surface area contributed by atoms with Crippen LogP contribution < -0.4 is 10.1 Å². The van der Waals surface area contributed by atoms with Crippen LogP contribution in [0.4, 0.5) is 0 Å². The minimum absolute atomic E-state index is 0.153. The summed E-state index contributed by atoms with van der Waals surface area (Å²) in [6, 6.07) is 6.36. The molecule has 3 rings (SSSR count). The molecule has 112 valence electrons. The topological polar surface area (TPSA) is 52.0 Å². The maximum Gasteiger partial charge on any atom is 0.164 e. The molecule has 0 radical (unpaired) electrons. The molecule has 5 heteroatoms. The highest BCUT2D eigenvalue weighted by Crippen LogP contribution is 2.29. The summed E-state index contributed by atoms with van der Waals surface area (Å²) in [7, 11) is 0. The summed E-state index contributed by atoms with van der Waals surface area (Å²) >= 11 is 0. The van der Waals surface area contributed by atoms with Crippen molar-refractivity contribution in [3.63, 3.8) is 0 Å². The highest BCUT2D eigenvalue weighted by atomic mass is 16.5. The first-order valence-electron chi connectivity index (χ1n) is 7.60. The van der Waals surface area contributed by atoms with Gasteiger partial charge in [0.25, 0.3) is 0 Å². The van der Waals surface area contributed by atoms with E-state index in [-0.39, 0.29) is 6.10 Å². The molecular weight excluding hydrogens is 264 g/mol. The van der Waals surface area contributed by atoms with Crippen LogP contribution in [-0.4, -0.2) is 27.4 Å². The predicted octanol–water partition coefficient (Wildman–Crippen LogP) is 2.09. The first-order chi connectivity index (χ1) is 10.2. The first kappa shape index (κ1) is 14.1. The van der Waals surface area contributed by atoms with Crippen molar-refractivity contribution in [3.8, 4) is 5.75 Å². The number of rotatable bonds is 6. The minimum atomic E-state index is 0.153. The van der Waals surface area contributed by atoms with Gasteiger partial charge >= 0.3 is 0 Å². The van der Waals surface area contributed by atoms with Crippen LogP contribution in [0, 0.1) is 6.92 Å². The van der Waals surface area contributed by atoms with E-state index in [0.717, 1.165) is 44.0 Å². The van der Waals surface area contributed by atoms with Crippen LogP contribution in [0.1, 0.15) is 30.3 Å². The highest BCUT2D eigenvalue weighted by Gasteiger charge is 2.23. The van der Waals surface area contributed by atoms with Gasteiger partial charge in [0.1, 0.15) is 18.2 Å². The molecule has 0 aliphatic carbocycles. The fraction of sp³-hybridized carbons (Fsp3) is 0.500. The summed E-state index contributed by atoms with van der Waals surface area (Å²) in [6.07, 6.45) is 4.01. The van der Waals surface area contributed by atoms with E-state index >= 15 is 0 Å². The van der Waals surface area contributed by atoms with E-state index < -0.39 is 0 Å². The van der Waals surface area contributed by atoms with Crippen molar-refractivity contribution in [1.29, 1.82) is 0 Å². The molecule has 1 aromatic heterocycles. The lowest BCUT2D eigenvalue weighted by Gasteiger charge is -2.09. The van der Waals surface area contributed by atoms with E-state index in [4.69, 9.17) is 4.74 Å². The number of nitrogens with zero attached hydrogens (tertiary/aromatic N) is 3. The molecule has 21 heavy (non-hydrogen) atoms. The molecule has 0 saturated carbocycles. The SMILES string of the molecule is CCCNCc1ncn(CC2Cc3cc(C)ccc3O2)n1. The zero-order valence-electron chi connectivity index (χ0n) is 12.7. The predicted molar refractivity (Wildman–Crippen MR) is 81.3 cm³/mol. The standard InChI is InChI=1S/C16H22N4O/c1-3-6-17-9-16-18-11-20(19-16)10-14-8-13-7-12(2)4-5-15(13)21-14/h4-5,7,11,14,17H,3,6,8-10H2,1-2H3. The Morgan fingerprint density at radius 1 is 1.43 bits per heavy atom. The molecule has 0 saturated heterocycles. The number of hydrogen-bond donors (Lipinski definition) is 1. The van der Waals surface area contributed by atoms with E-state index in [1.54, 1.807) is 6.33 Å². The molecular formula is C16H22N4O. The molecule has 0 bridgehead atoms. The van der Waals surface area contributed by atoms with Gasteiger partial charge in [-0.1, -0.05) is 24.6 Å². The van der Waals surface area contributed by atoms with Gasteiger partial charge in [-0.05, 0) is 31.5 Å². The lowest BCUT2D eigenvalue weighted by atomic mass is 10.1. The van der Waals surface area contributed by atoms with Gasteiger partial charge in [-0.3, -0.25) is 0 Å². The van der Waals surface area contributed by atoms with Gasteiger partial charge in [0.05, 0.1) is 13.1 Å². The Kier molecular flexibility index (Phi) is 4.20. The van der Waals surface area contributed by atoms with Gasteiger partial charge < -0.3 is 10.1 Å². The Labute approximate surface area is 125 Å². The average Bonchev–Trinajstić information content (AvgIpc) is 3.05. The molecule has 1 atom stereocenters. The summed E-state index contributed by atoms with van der Waals surface area (Å²) in [4.78, 5) is 4.33. The van der Waals surface area contributed by atoms with E-state index in [1.165, 1.54) is 11.1 Å². The maximum absolute atomic E-state index is 5.97. The molecule has 2 heterocycles. The molecule has 0 fully saturated rings. The van der Waals surface area contributed by atoms with Crippen LogP contribution in [0.2, 0.25) is 0 Å². The number of aromatic nitrogens is 3. The van der Waals surface area contributed by atoms with Crippen molar-refractivity contribution < 1.29 is 4.74 Å². The summed E-state index contributed by atoms with van der Waals surface area (Å²) in [5.41, 5.74) is 2.58. The first-order valence-corrected chi connectivity index (χ1v) is 7.60. The van der Waals surface area contributed by atoms with Gasteiger partial charge in [0.15, 0.2) is 5.82 Å². The molecule has 0 amide bonds. The molecule has 1 unspecified atom stereocenters. The third-order valence-corrected chi connectivity index (χ3v) is 3.64. The monoisotopic (exact) mass is 286 g/mol. The van der Waals surface area contributed by atoms with Crippen molar-refractivity contribution >= 4 is 0 Å². The van der Waals surface area contributed by atoms with Gasteiger partial charge in [0.2, 0.25) is 0 Å².